The van der Waals surface area contributed by atoms with Gasteiger partial charge in [-0.15, -0.1) is 0 Å². The summed E-state index contributed by atoms with van der Waals surface area (Å²) in [5.41, 5.74) is 1.47. The van der Waals surface area contributed by atoms with Crippen molar-refractivity contribution >= 4 is 15.9 Å². The molecule has 0 atom stereocenters. The molecular formula is C18H15NO4S. The maximum absolute atomic E-state index is 12.4. The van der Waals surface area contributed by atoms with Gasteiger partial charge < -0.3 is 10.2 Å². The molecule has 0 saturated carbocycles. The molecule has 0 bridgehead atoms. The predicted octanol–water partition coefficient (Wildman–Crippen LogP) is 3.30. The summed E-state index contributed by atoms with van der Waals surface area (Å²) in [6.07, 6.45) is 4.11. The highest BCUT2D eigenvalue weighted by molar-refractivity contribution is 7.95. The Bertz CT molecular complexity index is 950. The van der Waals surface area contributed by atoms with Crippen LogP contribution in [-0.2, 0) is 9.84 Å². The Morgan fingerprint density at radius 3 is 2.33 bits per heavy atom. The van der Waals surface area contributed by atoms with Crippen molar-refractivity contribution in [2.45, 2.75) is 11.8 Å². The van der Waals surface area contributed by atoms with Gasteiger partial charge in [0.05, 0.1) is 4.90 Å². The molecule has 2 aromatic rings. The van der Waals surface area contributed by atoms with Gasteiger partial charge in [-0.2, -0.15) is 5.26 Å². The SMILES string of the molecule is Cc1ccc(S(=O)(=O)/C(C#N)=C/C=C/c2ccc(O)c(O)c2)cc1. The molecule has 0 radical (unpaired) electrons. The standard InChI is InChI=1S/C18H15NO4S/c1-13-5-8-15(9-6-13)24(22,23)16(12-19)4-2-3-14-7-10-17(20)18(21)11-14/h2-11,20-21H,1H3/b3-2+,16-4+. The van der Waals surface area contributed by atoms with Crippen molar-refractivity contribution in [2.24, 2.45) is 0 Å². The van der Waals surface area contributed by atoms with Gasteiger partial charge in [0, 0.05) is 0 Å². The normalized spacial score (nSPS) is 12.2. The van der Waals surface area contributed by atoms with E-state index in [0.717, 1.165) is 5.56 Å². The fraction of sp³-hybridized carbons (Fsp3) is 0.0556. The van der Waals surface area contributed by atoms with E-state index in [-0.39, 0.29) is 21.3 Å². The number of nitrogens with zero attached hydrogens (tertiary/aromatic N) is 1. The summed E-state index contributed by atoms with van der Waals surface area (Å²) < 4.78 is 24.8. The second kappa shape index (κ2) is 7.02. The largest absolute Gasteiger partial charge is 0.504 e. The minimum Gasteiger partial charge on any atom is -0.504 e. The zero-order valence-electron chi connectivity index (χ0n) is 12.8. The molecule has 2 rings (SSSR count). The quantitative estimate of drug-likeness (QED) is 0.505. The van der Waals surface area contributed by atoms with E-state index in [2.05, 4.69) is 0 Å². The Morgan fingerprint density at radius 1 is 1.08 bits per heavy atom. The summed E-state index contributed by atoms with van der Waals surface area (Å²) in [7, 11) is -3.88. The Balaban J connectivity index is 2.31. The van der Waals surface area contributed by atoms with Crippen molar-refractivity contribution in [3.05, 3.63) is 70.6 Å². The summed E-state index contributed by atoms with van der Waals surface area (Å²) in [6.45, 7) is 1.84. The van der Waals surface area contributed by atoms with E-state index in [9.17, 15) is 18.6 Å². The number of allylic oxidation sites excluding steroid dienone is 3. The third-order valence-corrected chi connectivity index (χ3v) is 4.97. The third-order valence-electron chi connectivity index (χ3n) is 3.27. The Hall–Kier alpha value is -3.04. The third kappa shape index (κ3) is 3.83. The molecular weight excluding hydrogens is 326 g/mol. The Kier molecular flexibility index (Phi) is 5.07. The fourth-order valence-electron chi connectivity index (χ4n) is 1.92. The van der Waals surface area contributed by atoms with E-state index in [1.54, 1.807) is 24.3 Å². The molecule has 6 heteroatoms. The van der Waals surface area contributed by atoms with Gasteiger partial charge >= 0.3 is 0 Å². The molecule has 5 nitrogen and oxygen atoms in total. The van der Waals surface area contributed by atoms with Crippen LogP contribution in [-0.4, -0.2) is 18.6 Å². The van der Waals surface area contributed by atoms with Crippen LogP contribution in [0.4, 0.5) is 0 Å². The number of hydrogen-bond acceptors (Lipinski definition) is 5. The van der Waals surface area contributed by atoms with Gasteiger partial charge in [-0.3, -0.25) is 0 Å². The lowest BCUT2D eigenvalue weighted by Crippen LogP contribution is -2.03. The van der Waals surface area contributed by atoms with Crippen molar-refractivity contribution < 1.29 is 18.6 Å². The number of benzene rings is 2. The second-order valence-corrected chi connectivity index (χ2v) is 6.98. The highest BCUT2D eigenvalue weighted by atomic mass is 32.2. The molecule has 0 unspecified atom stereocenters. The maximum Gasteiger partial charge on any atom is 0.216 e. The number of phenols is 2. The van der Waals surface area contributed by atoms with Crippen LogP contribution in [0.15, 0.2) is 64.4 Å². The smallest absolute Gasteiger partial charge is 0.216 e. The van der Waals surface area contributed by atoms with Crippen LogP contribution in [0.5, 0.6) is 11.5 Å². The molecule has 24 heavy (non-hydrogen) atoms. The lowest BCUT2D eigenvalue weighted by Gasteiger charge is -2.02. The first-order valence-corrected chi connectivity index (χ1v) is 8.45. The van der Waals surface area contributed by atoms with E-state index >= 15 is 0 Å². The van der Waals surface area contributed by atoms with Gasteiger partial charge in [0.15, 0.2) is 11.5 Å². The van der Waals surface area contributed by atoms with Crippen molar-refractivity contribution in [1.29, 1.82) is 5.26 Å². The van der Waals surface area contributed by atoms with E-state index in [0.29, 0.717) is 5.56 Å². The number of nitriles is 1. The van der Waals surface area contributed by atoms with E-state index in [1.165, 1.54) is 42.5 Å². The first kappa shape index (κ1) is 17.3. The molecule has 0 aliphatic heterocycles. The van der Waals surface area contributed by atoms with Crippen LogP contribution in [0, 0.1) is 18.3 Å². The molecule has 2 N–H and O–H groups in total. The molecule has 0 aliphatic carbocycles. The molecule has 0 aromatic heterocycles. The van der Waals surface area contributed by atoms with Gasteiger partial charge in [-0.25, -0.2) is 8.42 Å². The van der Waals surface area contributed by atoms with E-state index < -0.39 is 9.84 Å². The molecule has 0 fully saturated rings. The predicted molar refractivity (Wildman–Crippen MR) is 90.9 cm³/mol. The zero-order chi connectivity index (χ0) is 17.7. The minimum absolute atomic E-state index is 0.0524. The maximum atomic E-state index is 12.4. The van der Waals surface area contributed by atoms with Crippen LogP contribution in [0.1, 0.15) is 11.1 Å². The highest BCUT2D eigenvalue weighted by Crippen LogP contribution is 2.25. The summed E-state index contributed by atoms with van der Waals surface area (Å²) in [5, 5.41) is 27.8. The molecule has 2 aromatic carbocycles. The van der Waals surface area contributed by atoms with Crippen LogP contribution in [0.3, 0.4) is 0 Å². The van der Waals surface area contributed by atoms with Crippen molar-refractivity contribution in [3.63, 3.8) is 0 Å². The molecule has 0 saturated heterocycles. The number of phenolic OH excluding ortho intramolecular Hbond substituents is 2. The first-order valence-electron chi connectivity index (χ1n) is 6.97. The molecule has 0 heterocycles. The monoisotopic (exact) mass is 341 g/mol. The first-order chi connectivity index (χ1) is 11.3. The molecule has 0 spiro atoms. The van der Waals surface area contributed by atoms with Crippen LogP contribution >= 0.6 is 0 Å². The molecule has 122 valence electrons. The number of hydrogen-bond donors (Lipinski definition) is 2. The summed E-state index contributed by atoms with van der Waals surface area (Å²) in [6, 6.07) is 12.1. The highest BCUT2D eigenvalue weighted by Gasteiger charge is 2.19. The van der Waals surface area contributed by atoms with Gasteiger partial charge in [0.25, 0.3) is 0 Å². The van der Waals surface area contributed by atoms with E-state index in [4.69, 9.17) is 5.26 Å². The van der Waals surface area contributed by atoms with Crippen LogP contribution < -0.4 is 0 Å². The van der Waals surface area contributed by atoms with Crippen molar-refractivity contribution in [2.75, 3.05) is 0 Å². The number of sulfone groups is 1. The van der Waals surface area contributed by atoms with Gasteiger partial charge in [-0.05, 0) is 42.8 Å². The van der Waals surface area contributed by atoms with Gasteiger partial charge in [0.2, 0.25) is 9.84 Å². The number of aryl methyl sites for hydroxylation is 1. The average molecular weight is 341 g/mol. The van der Waals surface area contributed by atoms with Crippen molar-refractivity contribution in [1.82, 2.24) is 0 Å². The second-order valence-electron chi connectivity index (χ2n) is 5.07. The lowest BCUT2D eigenvalue weighted by atomic mass is 10.2. The number of rotatable bonds is 4. The summed E-state index contributed by atoms with van der Waals surface area (Å²) >= 11 is 0. The number of aromatic hydroxyl groups is 2. The fourth-order valence-corrected chi connectivity index (χ4v) is 3.05. The lowest BCUT2D eigenvalue weighted by molar-refractivity contribution is 0.403. The zero-order valence-corrected chi connectivity index (χ0v) is 13.7. The summed E-state index contributed by atoms with van der Waals surface area (Å²) in [5.74, 6) is -0.531. The topological polar surface area (TPSA) is 98.4 Å². The van der Waals surface area contributed by atoms with Gasteiger partial charge in [-0.1, -0.05) is 35.9 Å². The molecule has 0 aliphatic rings. The van der Waals surface area contributed by atoms with Crippen LogP contribution in [0.25, 0.3) is 6.08 Å². The van der Waals surface area contributed by atoms with Crippen molar-refractivity contribution in [3.8, 4) is 17.6 Å². The molecule has 0 amide bonds. The van der Waals surface area contributed by atoms with Gasteiger partial charge in [0.1, 0.15) is 11.0 Å². The summed E-state index contributed by atoms with van der Waals surface area (Å²) in [4.78, 5) is -0.331. The van der Waals surface area contributed by atoms with E-state index in [1.807, 2.05) is 6.92 Å². The average Bonchev–Trinajstić information content (AvgIpc) is 2.55. The minimum atomic E-state index is -3.88. The Labute approximate surface area is 140 Å². The van der Waals surface area contributed by atoms with Crippen LogP contribution in [0.2, 0.25) is 0 Å². The Morgan fingerprint density at radius 2 is 1.75 bits per heavy atom.